The molecule has 0 aromatic carbocycles. The zero-order valence-corrected chi connectivity index (χ0v) is 35.2. The summed E-state index contributed by atoms with van der Waals surface area (Å²) in [4.78, 5) is 37.5. The Morgan fingerprint density at radius 1 is 0.389 bits per heavy atom. The van der Waals surface area contributed by atoms with Crippen LogP contribution in [0.3, 0.4) is 0 Å². The minimum atomic E-state index is -0.803. The molecule has 0 rings (SSSR count). The van der Waals surface area contributed by atoms with Crippen molar-refractivity contribution in [2.75, 3.05) is 13.2 Å². The molecule has 0 bridgehead atoms. The van der Waals surface area contributed by atoms with E-state index in [1.54, 1.807) is 0 Å². The van der Waals surface area contributed by atoms with Crippen LogP contribution in [0.15, 0.2) is 60.8 Å². The Hall–Kier alpha value is -2.89. The normalized spacial score (nSPS) is 12.6. The van der Waals surface area contributed by atoms with Gasteiger partial charge >= 0.3 is 17.9 Å². The Balaban J connectivity index is 4.32. The van der Waals surface area contributed by atoms with Gasteiger partial charge in [0.05, 0.1) is 0 Å². The summed E-state index contributed by atoms with van der Waals surface area (Å²) >= 11 is 0. The molecule has 0 aromatic heterocycles. The van der Waals surface area contributed by atoms with Crippen LogP contribution in [0.1, 0.15) is 207 Å². The SMILES string of the molecule is CC/C=C\C/C=C\CCCCC(=O)OCC(COC(=O)CCCCCCC/C=C\CCCCCCCCCCC)OC(=O)CCCC/C=C\C/C=C\CC. The Labute approximate surface area is 332 Å². The van der Waals surface area contributed by atoms with Crippen molar-refractivity contribution in [1.29, 1.82) is 0 Å². The van der Waals surface area contributed by atoms with E-state index < -0.39 is 6.10 Å². The first-order chi connectivity index (χ1) is 26.5. The monoisotopic (exact) mass is 755 g/mol. The van der Waals surface area contributed by atoms with E-state index in [-0.39, 0.29) is 37.5 Å². The highest BCUT2D eigenvalue weighted by atomic mass is 16.6. The molecule has 0 aliphatic carbocycles. The van der Waals surface area contributed by atoms with Crippen LogP contribution in [-0.2, 0) is 28.6 Å². The summed E-state index contributed by atoms with van der Waals surface area (Å²) in [6.45, 7) is 6.30. The molecule has 6 nitrogen and oxygen atoms in total. The van der Waals surface area contributed by atoms with E-state index >= 15 is 0 Å². The van der Waals surface area contributed by atoms with Crippen molar-refractivity contribution in [3.8, 4) is 0 Å². The van der Waals surface area contributed by atoms with Crippen LogP contribution in [0.5, 0.6) is 0 Å². The van der Waals surface area contributed by atoms with E-state index in [0.29, 0.717) is 19.3 Å². The van der Waals surface area contributed by atoms with Crippen molar-refractivity contribution in [2.24, 2.45) is 0 Å². The van der Waals surface area contributed by atoms with Gasteiger partial charge < -0.3 is 14.2 Å². The molecule has 0 radical (unpaired) electrons. The topological polar surface area (TPSA) is 78.9 Å². The maximum Gasteiger partial charge on any atom is 0.306 e. The first kappa shape index (κ1) is 51.1. The average molecular weight is 755 g/mol. The fraction of sp³-hybridized carbons (Fsp3) is 0.729. The summed E-state index contributed by atoms with van der Waals surface area (Å²) in [5.41, 5.74) is 0. The minimum Gasteiger partial charge on any atom is -0.462 e. The Morgan fingerprint density at radius 2 is 0.722 bits per heavy atom. The van der Waals surface area contributed by atoms with Crippen molar-refractivity contribution >= 4 is 17.9 Å². The third-order valence-corrected chi connectivity index (χ3v) is 9.24. The number of rotatable bonds is 39. The predicted molar refractivity (Wildman–Crippen MR) is 228 cm³/mol. The summed E-state index contributed by atoms with van der Waals surface area (Å²) in [5, 5.41) is 0. The first-order valence-electron chi connectivity index (χ1n) is 22.3. The Morgan fingerprint density at radius 3 is 1.17 bits per heavy atom. The molecule has 310 valence electrons. The predicted octanol–water partition coefficient (Wildman–Crippen LogP) is 14.1. The molecule has 0 spiro atoms. The van der Waals surface area contributed by atoms with Crippen molar-refractivity contribution in [3.05, 3.63) is 60.8 Å². The summed E-state index contributed by atoms with van der Waals surface area (Å²) in [7, 11) is 0. The van der Waals surface area contributed by atoms with Gasteiger partial charge in [-0.15, -0.1) is 0 Å². The van der Waals surface area contributed by atoms with Gasteiger partial charge in [0.2, 0.25) is 0 Å². The molecule has 0 N–H and O–H groups in total. The number of allylic oxidation sites excluding steroid dienone is 10. The van der Waals surface area contributed by atoms with Gasteiger partial charge in [0.1, 0.15) is 13.2 Å². The molecule has 6 heteroatoms. The van der Waals surface area contributed by atoms with Gasteiger partial charge in [-0.1, -0.05) is 152 Å². The summed E-state index contributed by atoms with van der Waals surface area (Å²) in [6, 6.07) is 0. The molecule has 0 fully saturated rings. The standard InChI is InChI=1S/C48H82O6/c1-4-7-10-13-16-19-20-21-22-23-24-25-26-27-30-32-35-38-41-47(50)53-44-45(54-48(51)42-39-36-33-29-18-15-12-9-6-3)43-52-46(49)40-37-34-31-28-17-14-11-8-5-2/h8-9,11-12,17-18,24-25,28-29,45H,4-7,10,13-16,19-23,26-27,30-44H2,1-3H3/b11-8-,12-9-,25-24-,28-17-,29-18-. The molecule has 1 unspecified atom stereocenters. The highest BCUT2D eigenvalue weighted by molar-refractivity contribution is 5.71. The number of hydrogen-bond acceptors (Lipinski definition) is 6. The fourth-order valence-corrected chi connectivity index (χ4v) is 5.92. The summed E-state index contributed by atoms with van der Waals surface area (Å²) in [6.07, 6.45) is 50.9. The maximum atomic E-state index is 12.6. The Bertz CT molecular complexity index is 1010. The average Bonchev–Trinajstić information content (AvgIpc) is 3.17. The van der Waals surface area contributed by atoms with Crippen LogP contribution in [0.25, 0.3) is 0 Å². The van der Waals surface area contributed by atoms with E-state index in [2.05, 4.69) is 81.5 Å². The molecule has 0 aromatic rings. The van der Waals surface area contributed by atoms with Crippen LogP contribution in [0.4, 0.5) is 0 Å². The third kappa shape index (κ3) is 40.3. The second-order valence-corrected chi connectivity index (χ2v) is 14.5. The number of ether oxygens (including phenoxy) is 3. The molecule has 0 amide bonds. The van der Waals surface area contributed by atoms with Gasteiger partial charge in [-0.25, -0.2) is 0 Å². The molecule has 0 aliphatic rings. The highest BCUT2D eigenvalue weighted by Crippen LogP contribution is 2.13. The molecule has 0 aliphatic heterocycles. The summed E-state index contributed by atoms with van der Waals surface area (Å²) in [5.74, 6) is -0.992. The lowest BCUT2D eigenvalue weighted by atomic mass is 10.1. The van der Waals surface area contributed by atoms with Gasteiger partial charge in [-0.05, 0) is 96.3 Å². The van der Waals surface area contributed by atoms with Gasteiger partial charge in [0, 0.05) is 19.3 Å². The van der Waals surface area contributed by atoms with Gasteiger partial charge in [-0.3, -0.25) is 14.4 Å². The van der Waals surface area contributed by atoms with E-state index in [1.165, 1.54) is 77.0 Å². The molecular formula is C48H82O6. The third-order valence-electron chi connectivity index (χ3n) is 9.24. The smallest absolute Gasteiger partial charge is 0.306 e. The number of carbonyl (C=O) groups excluding carboxylic acids is 3. The highest BCUT2D eigenvalue weighted by Gasteiger charge is 2.19. The van der Waals surface area contributed by atoms with Crippen molar-refractivity contribution in [2.45, 2.75) is 213 Å². The maximum absolute atomic E-state index is 12.6. The van der Waals surface area contributed by atoms with E-state index in [1.807, 2.05) is 0 Å². The lowest BCUT2D eigenvalue weighted by molar-refractivity contribution is -0.167. The van der Waals surface area contributed by atoms with Crippen molar-refractivity contribution in [1.82, 2.24) is 0 Å². The van der Waals surface area contributed by atoms with E-state index in [9.17, 15) is 14.4 Å². The molecule has 54 heavy (non-hydrogen) atoms. The van der Waals surface area contributed by atoms with E-state index in [0.717, 1.165) is 83.5 Å². The first-order valence-corrected chi connectivity index (χ1v) is 22.3. The zero-order chi connectivity index (χ0) is 39.4. The number of carbonyl (C=O) groups is 3. The zero-order valence-electron chi connectivity index (χ0n) is 35.2. The second-order valence-electron chi connectivity index (χ2n) is 14.5. The lowest BCUT2D eigenvalue weighted by Gasteiger charge is -2.18. The summed E-state index contributed by atoms with van der Waals surface area (Å²) < 4.78 is 16.6. The van der Waals surface area contributed by atoms with E-state index in [4.69, 9.17) is 14.2 Å². The number of esters is 3. The lowest BCUT2D eigenvalue weighted by Crippen LogP contribution is -2.30. The molecule has 1 atom stereocenters. The minimum absolute atomic E-state index is 0.103. The van der Waals surface area contributed by atoms with Gasteiger partial charge in [0.15, 0.2) is 6.10 Å². The molecular weight excluding hydrogens is 673 g/mol. The second kappa shape index (κ2) is 42.8. The fourth-order valence-electron chi connectivity index (χ4n) is 5.92. The largest absolute Gasteiger partial charge is 0.462 e. The molecule has 0 saturated carbocycles. The van der Waals surface area contributed by atoms with Crippen molar-refractivity contribution in [3.63, 3.8) is 0 Å². The van der Waals surface area contributed by atoms with Crippen LogP contribution in [0, 0.1) is 0 Å². The van der Waals surface area contributed by atoms with Gasteiger partial charge in [0.25, 0.3) is 0 Å². The molecule has 0 saturated heterocycles. The molecule has 0 heterocycles. The van der Waals surface area contributed by atoms with Crippen molar-refractivity contribution < 1.29 is 28.6 Å². The van der Waals surface area contributed by atoms with Gasteiger partial charge in [-0.2, -0.15) is 0 Å². The number of hydrogen-bond donors (Lipinski definition) is 0. The van der Waals surface area contributed by atoms with Crippen LogP contribution in [0.2, 0.25) is 0 Å². The quantitative estimate of drug-likeness (QED) is 0.0269. The Kier molecular flexibility index (Phi) is 40.6. The number of unbranched alkanes of at least 4 members (excludes halogenated alkanes) is 18. The van der Waals surface area contributed by atoms with Crippen LogP contribution >= 0.6 is 0 Å². The van der Waals surface area contributed by atoms with Crippen LogP contribution in [-0.4, -0.2) is 37.2 Å². The van der Waals surface area contributed by atoms with Crippen LogP contribution < -0.4 is 0 Å².